The third kappa shape index (κ3) is 2.58. The van der Waals surface area contributed by atoms with Crippen LogP contribution in [0.1, 0.15) is 23.6 Å². The largest absolute Gasteiger partial charge is 0.324 e. The fourth-order valence-electron chi connectivity index (χ4n) is 1.21. The molecule has 0 aromatic heterocycles. The molecule has 1 aromatic carbocycles. The first-order chi connectivity index (χ1) is 6.15. The van der Waals surface area contributed by atoms with Crippen LogP contribution in [0.15, 0.2) is 30.9 Å². The van der Waals surface area contributed by atoms with Gasteiger partial charge in [-0.2, -0.15) is 0 Å². The molecule has 13 heavy (non-hydrogen) atoms. The van der Waals surface area contributed by atoms with E-state index in [4.69, 9.17) is 17.3 Å². The Morgan fingerprint density at radius 2 is 2.31 bits per heavy atom. The highest BCUT2D eigenvalue weighted by Crippen LogP contribution is 2.21. The van der Waals surface area contributed by atoms with Gasteiger partial charge in [-0.15, -0.1) is 6.58 Å². The Kier molecular flexibility index (Phi) is 3.52. The average Bonchev–Trinajstić information content (AvgIpc) is 2.10. The Balaban J connectivity index is 2.89. The van der Waals surface area contributed by atoms with Gasteiger partial charge >= 0.3 is 0 Å². The van der Waals surface area contributed by atoms with Gasteiger partial charge in [-0.25, -0.2) is 0 Å². The van der Waals surface area contributed by atoms with Crippen molar-refractivity contribution >= 4 is 11.6 Å². The lowest BCUT2D eigenvalue weighted by atomic mass is 10.0. The highest BCUT2D eigenvalue weighted by atomic mass is 35.5. The summed E-state index contributed by atoms with van der Waals surface area (Å²) in [7, 11) is 0. The highest BCUT2D eigenvalue weighted by molar-refractivity contribution is 6.31. The van der Waals surface area contributed by atoms with Crippen LogP contribution in [0.2, 0.25) is 5.02 Å². The van der Waals surface area contributed by atoms with Crippen LogP contribution in [0.5, 0.6) is 0 Å². The van der Waals surface area contributed by atoms with Crippen LogP contribution in [0, 0.1) is 6.92 Å². The third-order valence-electron chi connectivity index (χ3n) is 2.03. The lowest BCUT2D eigenvalue weighted by Crippen LogP contribution is -2.08. The van der Waals surface area contributed by atoms with Crippen molar-refractivity contribution in [2.45, 2.75) is 19.4 Å². The van der Waals surface area contributed by atoms with Crippen molar-refractivity contribution in [1.82, 2.24) is 0 Å². The average molecular weight is 196 g/mol. The van der Waals surface area contributed by atoms with Crippen LogP contribution in [0.3, 0.4) is 0 Å². The van der Waals surface area contributed by atoms with E-state index in [0.717, 1.165) is 22.6 Å². The summed E-state index contributed by atoms with van der Waals surface area (Å²) >= 11 is 5.90. The summed E-state index contributed by atoms with van der Waals surface area (Å²) in [5, 5.41) is 0.787. The summed E-state index contributed by atoms with van der Waals surface area (Å²) in [6.07, 6.45) is 2.62. The molecule has 0 saturated carbocycles. The SMILES string of the molecule is C=CC[C@H](N)c1ccc(Cl)c(C)c1. The number of hydrogen-bond donors (Lipinski definition) is 1. The van der Waals surface area contributed by atoms with E-state index in [1.807, 2.05) is 31.2 Å². The van der Waals surface area contributed by atoms with Crippen LogP contribution in [0.25, 0.3) is 0 Å². The molecule has 0 heterocycles. The molecular weight excluding hydrogens is 182 g/mol. The molecule has 0 saturated heterocycles. The molecule has 0 amide bonds. The minimum Gasteiger partial charge on any atom is -0.324 e. The first-order valence-electron chi connectivity index (χ1n) is 4.27. The van der Waals surface area contributed by atoms with Gasteiger partial charge < -0.3 is 5.73 Å². The van der Waals surface area contributed by atoms with E-state index < -0.39 is 0 Å². The van der Waals surface area contributed by atoms with Crippen molar-refractivity contribution in [3.8, 4) is 0 Å². The topological polar surface area (TPSA) is 26.0 Å². The fourth-order valence-corrected chi connectivity index (χ4v) is 1.33. The molecule has 1 nitrogen and oxygen atoms in total. The predicted octanol–water partition coefficient (Wildman–Crippen LogP) is 3.22. The number of rotatable bonds is 3. The summed E-state index contributed by atoms with van der Waals surface area (Å²) in [4.78, 5) is 0. The standard InChI is InChI=1S/C11H14ClN/c1-3-4-11(13)9-5-6-10(12)8(2)7-9/h3,5-7,11H,1,4,13H2,2H3/t11-/m0/s1. The molecule has 0 spiro atoms. The van der Waals surface area contributed by atoms with Crippen molar-refractivity contribution in [3.05, 3.63) is 47.0 Å². The van der Waals surface area contributed by atoms with Gasteiger partial charge in [0, 0.05) is 11.1 Å². The van der Waals surface area contributed by atoms with Crippen molar-refractivity contribution in [3.63, 3.8) is 0 Å². The molecule has 0 unspecified atom stereocenters. The maximum absolute atomic E-state index is 5.91. The minimum absolute atomic E-state index is 0.0356. The Bertz CT molecular complexity index is 307. The molecule has 0 aliphatic heterocycles. The quantitative estimate of drug-likeness (QED) is 0.737. The second kappa shape index (κ2) is 4.45. The van der Waals surface area contributed by atoms with Crippen molar-refractivity contribution in [1.29, 1.82) is 0 Å². The molecule has 2 N–H and O–H groups in total. The normalized spacial score (nSPS) is 12.5. The molecule has 1 aromatic rings. The molecule has 1 atom stereocenters. The zero-order valence-electron chi connectivity index (χ0n) is 7.76. The number of benzene rings is 1. The predicted molar refractivity (Wildman–Crippen MR) is 57.9 cm³/mol. The lowest BCUT2D eigenvalue weighted by Gasteiger charge is -2.10. The van der Waals surface area contributed by atoms with Crippen molar-refractivity contribution in [2.75, 3.05) is 0 Å². The van der Waals surface area contributed by atoms with Crippen molar-refractivity contribution in [2.24, 2.45) is 5.73 Å². The van der Waals surface area contributed by atoms with Crippen molar-refractivity contribution < 1.29 is 0 Å². The smallest absolute Gasteiger partial charge is 0.0435 e. The summed E-state index contributed by atoms with van der Waals surface area (Å²) in [5.74, 6) is 0. The minimum atomic E-state index is 0.0356. The van der Waals surface area contributed by atoms with Gasteiger partial charge in [0.2, 0.25) is 0 Å². The number of hydrogen-bond acceptors (Lipinski definition) is 1. The number of halogens is 1. The highest BCUT2D eigenvalue weighted by Gasteiger charge is 2.04. The van der Waals surface area contributed by atoms with Gasteiger partial charge in [-0.1, -0.05) is 29.8 Å². The van der Waals surface area contributed by atoms with E-state index in [9.17, 15) is 0 Å². The first kappa shape index (κ1) is 10.3. The first-order valence-corrected chi connectivity index (χ1v) is 4.65. The van der Waals surface area contributed by atoms with E-state index in [-0.39, 0.29) is 6.04 Å². The molecule has 0 fully saturated rings. The Hall–Kier alpha value is -0.790. The van der Waals surface area contributed by atoms with E-state index in [2.05, 4.69) is 6.58 Å². The Morgan fingerprint density at radius 3 is 2.85 bits per heavy atom. The summed E-state index contributed by atoms with van der Waals surface area (Å²) < 4.78 is 0. The second-order valence-corrected chi connectivity index (χ2v) is 3.55. The Morgan fingerprint density at radius 1 is 1.62 bits per heavy atom. The molecular formula is C11H14ClN. The Labute approximate surface area is 84.2 Å². The molecule has 0 radical (unpaired) electrons. The van der Waals surface area contributed by atoms with E-state index in [0.29, 0.717) is 0 Å². The van der Waals surface area contributed by atoms with Crippen LogP contribution in [-0.4, -0.2) is 0 Å². The van der Waals surface area contributed by atoms with Crippen LogP contribution in [0.4, 0.5) is 0 Å². The molecule has 1 rings (SSSR count). The summed E-state index contributed by atoms with van der Waals surface area (Å²) in [6.45, 7) is 5.64. The maximum Gasteiger partial charge on any atom is 0.0435 e. The van der Waals surface area contributed by atoms with Gasteiger partial charge in [0.15, 0.2) is 0 Å². The molecule has 70 valence electrons. The van der Waals surface area contributed by atoms with Gasteiger partial charge in [0.05, 0.1) is 0 Å². The van der Waals surface area contributed by atoms with E-state index in [1.165, 1.54) is 0 Å². The molecule has 0 bridgehead atoms. The monoisotopic (exact) mass is 195 g/mol. The number of aryl methyl sites for hydroxylation is 1. The fraction of sp³-hybridized carbons (Fsp3) is 0.273. The number of nitrogens with two attached hydrogens (primary N) is 1. The van der Waals surface area contributed by atoms with Crippen LogP contribution < -0.4 is 5.73 Å². The summed E-state index contributed by atoms with van der Waals surface area (Å²) in [5.41, 5.74) is 8.09. The molecule has 0 aliphatic carbocycles. The second-order valence-electron chi connectivity index (χ2n) is 3.14. The van der Waals surface area contributed by atoms with Gasteiger partial charge in [0.25, 0.3) is 0 Å². The molecule has 0 aliphatic rings. The van der Waals surface area contributed by atoms with Gasteiger partial charge in [-0.05, 0) is 30.5 Å². The zero-order chi connectivity index (χ0) is 9.84. The molecule has 2 heteroatoms. The van der Waals surface area contributed by atoms with E-state index >= 15 is 0 Å². The zero-order valence-corrected chi connectivity index (χ0v) is 8.51. The van der Waals surface area contributed by atoms with Crippen LogP contribution in [-0.2, 0) is 0 Å². The maximum atomic E-state index is 5.91. The van der Waals surface area contributed by atoms with Gasteiger partial charge in [-0.3, -0.25) is 0 Å². The van der Waals surface area contributed by atoms with E-state index in [1.54, 1.807) is 0 Å². The van der Waals surface area contributed by atoms with Gasteiger partial charge in [0.1, 0.15) is 0 Å². The van der Waals surface area contributed by atoms with Crippen LogP contribution >= 0.6 is 11.6 Å². The summed E-state index contributed by atoms with van der Waals surface area (Å²) in [6, 6.07) is 5.91. The lowest BCUT2D eigenvalue weighted by molar-refractivity contribution is 0.741. The third-order valence-corrected chi connectivity index (χ3v) is 2.45.